The summed E-state index contributed by atoms with van der Waals surface area (Å²) in [5.74, 6) is 1.86. The number of hydrogen-bond acceptors (Lipinski definition) is 0. The summed E-state index contributed by atoms with van der Waals surface area (Å²) in [7, 11) is 0. The summed E-state index contributed by atoms with van der Waals surface area (Å²) in [6, 6.07) is 3.16. The quantitative estimate of drug-likeness (QED) is 0.522. The van der Waals surface area contributed by atoms with Gasteiger partial charge in [0, 0.05) is 11.1 Å². The normalized spacial score (nSPS) is 30.7. The molecule has 0 nitrogen and oxygen atoms in total. The van der Waals surface area contributed by atoms with Crippen molar-refractivity contribution in [2.24, 2.45) is 17.8 Å². The molecule has 0 amide bonds. The molecule has 2 aliphatic carbocycles. The minimum absolute atomic E-state index is 0.222. The molecule has 3 rings (SSSR count). The van der Waals surface area contributed by atoms with Gasteiger partial charge in [0.25, 0.3) is 0 Å². The van der Waals surface area contributed by atoms with E-state index in [4.69, 9.17) is 11.6 Å². The average molecular weight is 367 g/mol. The van der Waals surface area contributed by atoms with Crippen molar-refractivity contribution in [3.63, 3.8) is 0 Å². The number of halogens is 3. The fourth-order valence-corrected chi connectivity index (χ4v) is 5.24. The summed E-state index contributed by atoms with van der Waals surface area (Å²) >= 11 is 5.70. The van der Waals surface area contributed by atoms with Crippen molar-refractivity contribution in [1.29, 1.82) is 0 Å². The van der Waals surface area contributed by atoms with E-state index in [1.54, 1.807) is 24.6 Å². The van der Waals surface area contributed by atoms with Crippen LogP contribution in [0.3, 0.4) is 0 Å². The Balaban J connectivity index is 1.56. The summed E-state index contributed by atoms with van der Waals surface area (Å²) < 4.78 is 28.2. The van der Waals surface area contributed by atoms with Gasteiger partial charge in [-0.3, -0.25) is 0 Å². The van der Waals surface area contributed by atoms with Crippen LogP contribution in [0.1, 0.15) is 75.3 Å². The summed E-state index contributed by atoms with van der Waals surface area (Å²) in [5, 5.41) is 0. The van der Waals surface area contributed by atoms with E-state index >= 15 is 0 Å². The summed E-state index contributed by atoms with van der Waals surface area (Å²) in [6.07, 6.45) is 12.2. The van der Waals surface area contributed by atoms with Gasteiger partial charge in [0.2, 0.25) is 0 Å². The molecule has 0 N–H and O–H groups in total. The highest BCUT2D eigenvalue weighted by Crippen LogP contribution is 2.44. The first-order valence-corrected chi connectivity index (χ1v) is 10.3. The fraction of sp³-hybridized carbons (Fsp3) is 0.636. The van der Waals surface area contributed by atoms with Crippen molar-refractivity contribution < 1.29 is 8.78 Å². The Morgan fingerprint density at radius 2 is 1.44 bits per heavy atom. The Kier molecular flexibility index (Phi) is 6.55. The molecule has 1 aromatic carbocycles. The lowest BCUT2D eigenvalue weighted by atomic mass is 9.68. The molecule has 0 atom stereocenters. The predicted octanol–water partition coefficient (Wildman–Crippen LogP) is 7.36. The third-order valence-electron chi connectivity index (χ3n) is 6.59. The maximum atomic E-state index is 14.1. The van der Waals surface area contributed by atoms with Crippen LogP contribution >= 0.6 is 11.6 Å². The molecule has 0 unspecified atom stereocenters. The largest absolute Gasteiger partial charge is 0.207 e. The molecule has 2 saturated carbocycles. The van der Waals surface area contributed by atoms with Crippen molar-refractivity contribution >= 4 is 11.6 Å². The summed E-state index contributed by atoms with van der Waals surface area (Å²) in [4.78, 5) is 0. The Bertz CT molecular complexity index is 571. The lowest BCUT2D eigenvalue weighted by molar-refractivity contribution is 0.171. The van der Waals surface area contributed by atoms with Crippen LogP contribution in [0.5, 0.6) is 0 Å². The number of allylic oxidation sites excluding steroid dienone is 1. The van der Waals surface area contributed by atoms with E-state index in [0.29, 0.717) is 18.3 Å². The van der Waals surface area contributed by atoms with Crippen LogP contribution in [0.25, 0.3) is 0 Å². The second kappa shape index (κ2) is 8.66. The van der Waals surface area contributed by atoms with E-state index < -0.39 is 0 Å². The molecule has 0 aromatic heterocycles. The van der Waals surface area contributed by atoms with Crippen LogP contribution in [0, 0.1) is 29.4 Å². The number of rotatable bonds is 4. The molecule has 0 saturated heterocycles. The van der Waals surface area contributed by atoms with Crippen molar-refractivity contribution in [3.8, 4) is 0 Å². The Labute approximate surface area is 155 Å². The molecular weight excluding hydrogens is 338 g/mol. The van der Waals surface area contributed by atoms with Crippen LogP contribution in [-0.4, -0.2) is 0 Å². The van der Waals surface area contributed by atoms with Crippen LogP contribution < -0.4 is 0 Å². The molecule has 0 aliphatic heterocycles. The smallest absolute Gasteiger partial charge is 0.129 e. The second-order valence-electron chi connectivity index (χ2n) is 7.92. The minimum Gasteiger partial charge on any atom is -0.207 e. The van der Waals surface area contributed by atoms with Crippen molar-refractivity contribution in [2.75, 3.05) is 0 Å². The summed E-state index contributed by atoms with van der Waals surface area (Å²) in [5.41, 5.74) is 2.75. The van der Waals surface area contributed by atoms with Crippen molar-refractivity contribution in [3.05, 3.63) is 46.5 Å². The van der Waals surface area contributed by atoms with Crippen molar-refractivity contribution in [2.45, 2.75) is 70.6 Å². The van der Waals surface area contributed by atoms with E-state index in [0.717, 1.165) is 30.2 Å². The zero-order chi connectivity index (χ0) is 17.8. The maximum Gasteiger partial charge on any atom is 0.129 e. The van der Waals surface area contributed by atoms with Crippen LogP contribution in [0.15, 0.2) is 23.7 Å². The average Bonchev–Trinajstić information content (AvgIpc) is 2.62. The lowest BCUT2D eigenvalue weighted by Gasteiger charge is -2.37. The molecule has 0 bridgehead atoms. The molecule has 3 heteroatoms. The van der Waals surface area contributed by atoms with Gasteiger partial charge in [-0.25, -0.2) is 8.78 Å². The third-order valence-corrected chi connectivity index (χ3v) is 6.73. The Hall–Kier alpha value is -0.890. The van der Waals surface area contributed by atoms with E-state index in [1.165, 1.54) is 38.5 Å². The minimum atomic E-state index is -0.370. The molecule has 0 heterocycles. The van der Waals surface area contributed by atoms with Gasteiger partial charge in [-0.05, 0) is 99.2 Å². The maximum absolute atomic E-state index is 14.1. The predicted molar refractivity (Wildman–Crippen MR) is 101 cm³/mol. The number of benzene rings is 1. The third kappa shape index (κ3) is 4.45. The molecule has 138 valence electrons. The first kappa shape index (κ1) is 18.9. The molecule has 0 spiro atoms. The molecular formula is C22H29ClF2. The van der Waals surface area contributed by atoms with Gasteiger partial charge < -0.3 is 0 Å². The highest BCUT2D eigenvalue weighted by Gasteiger charge is 2.31. The van der Waals surface area contributed by atoms with Gasteiger partial charge >= 0.3 is 0 Å². The second-order valence-corrected chi connectivity index (χ2v) is 8.17. The van der Waals surface area contributed by atoms with E-state index in [-0.39, 0.29) is 17.2 Å². The van der Waals surface area contributed by atoms with E-state index in [2.05, 4.69) is 6.08 Å². The van der Waals surface area contributed by atoms with Crippen LogP contribution in [-0.2, 0) is 6.42 Å². The molecule has 1 aromatic rings. The lowest BCUT2D eigenvalue weighted by Crippen LogP contribution is -2.25. The monoisotopic (exact) mass is 366 g/mol. The summed E-state index contributed by atoms with van der Waals surface area (Å²) in [6.45, 7) is 1.80. The Morgan fingerprint density at radius 1 is 0.920 bits per heavy atom. The first-order valence-electron chi connectivity index (χ1n) is 9.87. The zero-order valence-corrected chi connectivity index (χ0v) is 15.9. The highest BCUT2D eigenvalue weighted by atomic mass is 35.5. The van der Waals surface area contributed by atoms with Gasteiger partial charge in [0.05, 0.1) is 0 Å². The van der Waals surface area contributed by atoms with Crippen LogP contribution in [0.4, 0.5) is 8.78 Å². The van der Waals surface area contributed by atoms with Gasteiger partial charge in [-0.2, -0.15) is 0 Å². The molecule has 0 radical (unpaired) electrons. The van der Waals surface area contributed by atoms with E-state index in [1.807, 2.05) is 0 Å². The standard InChI is InChI=1S/C22H29ClF2/c1-2-20-21(24)13-19(14-22(20)25)18-9-7-17(8-10-18)16-5-3-15(4-6-16)11-12-23/h11-18H,2-10H2,1H3. The van der Waals surface area contributed by atoms with Gasteiger partial charge in [0.1, 0.15) is 11.6 Å². The van der Waals surface area contributed by atoms with Crippen molar-refractivity contribution in [1.82, 2.24) is 0 Å². The fourth-order valence-electron chi connectivity index (χ4n) is 5.03. The van der Waals surface area contributed by atoms with Crippen LogP contribution in [0.2, 0.25) is 0 Å². The zero-order valence-electron chi connectivity index (χ0n) is 15.1. The number of hydrogen-bond donors (Lipinski definition) is 0. The Morgan fingerprint density at radius 3 is 1.92 bits per heavy atom. The van der Waals surface area contributed by atoms with Gasteiger partial charge in [-0.15, -0.1) is 0 Å². The SMILES string of the molecule is CCc1c(F)cc(C2CCC(C3CCC(C=CCl)CC3)CC2)cc1F. The molecule has 25 heavy (non-hydrogen) atoms. The highest BCUT2D eigenvalue weighted by molar-refractivity contribution is 6.25. The van der Waals surface area contributed by atoms with Gasteiger partial charge in [-0.1, -0.05) is 24.6 Å². The molecule has 2 aliphatic rings. The topological polar surface area (TPSA) is 0 Å². The van der Waals surface area contributed by atoms with Gasteiger partial charge in [0.15, 0.2) is 0 Å². The molecule has 2 fully saturated rings. The first-order chi connectivity index (χ1) is 12.1. The van der Waals surface area contributed by atoms with E-state index in [9.17, 15) is 8.78 Å².